The standard InChI is InChI=1S/C20H23BrN6O4S/c1-3-8-26-32(28,29)27-18-17(15-4-6-16(21)7-5-15)19(25-13-24-18)30-9-10-31-20-22-11-14(2)12-23-20/h4-7,11-13,26H,3,8-10H2,1-2H3,(H,24,25,27)/i3D2,8D2,9D2,11D,12D,13D. The van der Waals surface area contributed by atoms with Crippen LogP contribution in [-0.2, 0) is 10.2 Å². The molecule has 0 amide bonds. The molecule has 0 spiro atoms. The molecular formula is C20H23BrN6O4S. The van der Waals surface area contributed by atoms with Gasteiger partial charge in [0.05, 0.1) is 11.0 Å². The molecule has 12 heteroatoms. The summed E-state index contributed by atoms with van der Waals surface area (Å²) in [6.45, 7) is -4.35. The van der Waals surface area contributed by atoms with Crippen molar-refractivity contribution in [3.05, 3.63) is 53.0 Å². The van der Waals surface area contributed by atoms with Crippen molar-refractivity contribution in [1.29, 1.82) is 0 Å². The highest BCUT2D eigenvalue weighted by Crippen LogP contribution is 2.34. The van der Waals surface area contributed by atoms with E-state index < -0.39 is 60.3 Å². The number of hydrogen-bond donors (Lipinski definition) is 2. The Morgan fingerprint density at radius 2 is 1.84 bits per heavy atom. The van der Waals surface area contributed by atoms with Gasteiger partial charge in [0.1, 0.15) is 20.8 Å². The van der Waals surface area contributed by atoms with E-state index in [-0.39, 0.29) is 29.0 Å². The first kappa shape index (κ1) is 14.3. The van der Waals surface area contributed by atoms with Gasteiger partial charge in [0.15, 0.2) is 5.82 Å². The zero-order valence-electron chi connectivity index (χ0n) is 25.7. The van der Waals surface area contributed by atoms with E-state index in [2.05, 4.69) is 35.9 Å². The molecule has 32 heavy (non-hydrogen) atoms. The van der Waals surface area contributed by atoms with Crippen LogP contribution in [0, 0.1) is 6.92 Å². The Hall–Kier alpha value is -2.83. The second kappa shape index (κ2) is 11.2. The molecule has 3 aromatic rings. The number of benzene rings is 1. The Morgan fingerprint density at radius 3 is 2.53 bits per heavy atom. The van der Waals surface area contributed by atoms with Crippen molar-refractivity contribution in [3.63, 3.8) is 0 Å². The third-order valence-corrected chi connectivity index (χ3v) is 4.87. The topological polar surface area (TPSA) is 128 Å². The summed E-state index contributed by atoms with van der Waals surface area (Å²) >= 11 is 3.27. The van der Waals surface area contributed by atoms with Crippen LogP contribution in [-0.4, -0.2) is 48.0 Å². The summed E-state index contributed by atoms with van der Waals surface area (Å²) in [5.41, 5.74) is 0.148. The normalized spacial score (nSPS) is 16.7. The van der Waals surface area contributed by atoms with Crippen LogP contribution in [0.25, 0.3) is 11.1 Å². The molecule has 170 valence electrons. The van der Waals surface area contributed by atoms with Gasteiger partial charge in [-0.1, -0.05) is 35.0 Å². The molecule has 0 saturated heterocycles. The van der Waals surface area contributed by atoms with E-state index in [1.54, 1.807) is 16.9 Å². The number of ether oxygens (including phenoxy) is 2. The fraction of sp³-hybridized carbons (Fsp3) is 0.300. The van der Waals surface area contributed by atoms with Gasteiger partial charge in [-0.3, -0.25) is 4.72 Å². The fourth-order valence-electron chi connectivity index (χ4n) is 2.20. The van der Waals surface area contributed by atoms with Gasteiger partial charge >= 0.3 is 6.01 Å². The number of nitrogens with zero attached hydrogens (tertiary/aromatic N) is 4. The van der Waals surface area contributed by atoms with Crippen molar-refractivity contribution in [2.45, 2.75) is 20.2 Å². The Morgan fingerprint density at radius 1 is 1.12 bits per heavy atom. The SMILES string of the molecule is [2H]c1nc(NS(=O)(=O)NC([2H])([2H])C([2H])([2H])C)c(-c2ccc(Br)cc2)c(OC([2H])([2H])COc2nc([2H])c(C)c([2H])n2)n1. The van der Waals surface area contributed by atoms with Gasteiger partial charge in [-0.15, -0.1) is 0 Å². The van der Waals surface area contributed by atoms with Gasteiger partial charge in [-0.05, 0) is 36.6 Å². The molecule has 0 saturated carbocycles. The summed E-state index contributed by atoms with van der Waals surface area (Å²) in [6, 6.07) is 5.63. The molecule has 2 aromatic heterocycles. The zero-order valence-corrected chi connectivity index (χ0v) is 19.1. The van der Waals surface area contributed by atoms with Gasteiger partial charge in [0.25, 0.3) is 10.2 Å². The zero-order chi connectivity index (χ0) is 31.0. The lowest BCUT2D eigenvalue weighted by Crippen LogP contribution is -2.31. The lowest BCUT2D eigenvalue weighted by Gasteiger charge is -2.15. The van der Waals surface area contributed by atoms with Crippen LogP contribution < -0.4 is 18.9 Å². The molecule has 2 N–H and O–H groups in total. The monoisotopic (exact) mass is 531 g/mol. The molecule has 10 nitrogen and oxygen atoms in total. The summed E-state index contributed by atoms with van der Waals surface area (Å²) in [5, 5.41) is 0. The van der Waals surface area contributed by atoms with E-state index in [1.807, 2.05) is 4.72 Å². The number of aromatic nitrogens is 4. The predicted octanol–water partition coefficient (Wildman–Crippen LogP) is 3.12. The Kier molecular flexibility index (Phi) is 5.00. The van der Waals surface area contributed by atoms with Gasteiger partial charge in [0.2, 0.25) is 5.88 Å². The first-order chi connectivity index (χ1) is 18.7. The van der Waals surface area contributed by atoms with Crippen molar-refractivity contribution in [2.75, 3.05) is 24.4 Å². The molecule has 0 fully saturated rings. The maximum atomic E-state index is 12.8. The molecule has 3 rings (SSSR count). The third-order valence-electron chi connectivity index (χ3n) is 3.51. The summed E-state index contributed by atoms with van der Waals surface area (Å²) in [7, 11) is -4.87. The molecule has 0 aliphatic carbocycles. The lowest BCUT2D eigenvalue weighted by atomic mass is 10.1. The highest BCUT2D eigenvalue weighted by Gasteiger charge is 2.19. The van der Waals surface area contributed by atoms with E-state index in [0.717, 1.165) is 6.92 Å². The maximum Gasteiger partial charge on any atom is 0.316 e. The van der Waals surface area contributed by atoms with E-state index >= 15 is 0 Å². The lowest BCUT2D eigenvalue weighted by molar-refractivity contribution is 0.202. The molecule has 0 unspecified atom stereocenters. The van der Waals surface area contributed by atoms with Crippen LogP contribution in [0.1, 0.15) is 31.2 Å². The van der Waals surface area contributed by atoms with Crippen molar-refractivity contribution >= 4 is 32.0 Å². The molecule has 1 aromatic carbocycles. The summed E-state index contributed by atoms with van der Waals surface area (Å²) < 4.78 is 111. The largest absolute Gasteiger partial charge is 0.473 e. The summed E-state index contributed by atoms with van der Waals surface area (Å²) in [5.74, 6) is -1.20. The van der Waals surface area contributed by atoms with Crippen LogP contribution in [0.2, 0.25) is 0 Å². The van der Waals surface area contributed by atoms with Crippen LogP contribution in [0.15, 0.2) is 47.4 Å². The first-order valence-corrected chi connectivity index (χ1v) is 11.1. The molecule has 0 radical (unpaired) electrons. The van der Waals surface area contributed by atoms with E-state index in [4.69, 9.17) is 21.8 Å². The third kappa shape index (κ3) is 6.84. The van der Waals surface area contributed by atoms with Gasteiger partial charge in [-0.25, -0.2) is 19.9 Å². The van der Waals surface area contributed by atoms with E-state index in [1.165, 1.54) is 19.1 Å². The summed E-state index contributed by atoms with van der Waals surface area (Å²) in [4.78, 5) is 15.0. The van der Waals surface area contributed by atoms with Crippen LogP contribution in [0.3, 0.4) is 0 Å². The predicted molar refractivity (Wildman–Crippen MR) is 124 cm³/mol. The van der Waals surface area contributed by atoms with Gasteiger partial charge in [0, 0.05) is 28.8 Å². The highest BCUT2D eigenvalue weighted by atomic mass is 79.9. The minimum Gasteiger partial charge on any atom is -0.473 e. The Labute approximate surface area is 207 Å². The van der Waals surface area contributed by atoms with Crippen molar-refractivity contribution in [2.24, 2.45) is 0 Å². The smallest absolute Gasteiger partial charge is 0.316 e. The first-order valence-electron chi connectivity index (χ1n) is 13.3. The Balaban J connectivity index is 2.02. The minimum absolute atomic E-state index is 0.187. The fourth-order valence-corrected chi connectivity index (χ4v) is 3.15. The minimum atomic E-state index is -4.87. The van der Waals surface area contributed by atoms with Crippen LogP contribution >= 0.6 is 15.9 Å². The molecular weight excluding hydrogens is 500 g/mol. The van der Waals surface area contributed by atoms with E-state index in [9.17, 15) is 8.42 Å². The second-order valence-corrected chi connectivity index (χ2v) is 8.16. The van der Waals surface area contributed by atoms with Gasteiger partial charge < -0.3 is 9.47 Å². The number of rotatable bonds is 11. The number of nitrogens with one attached hydrogen (secondary N) is 2. The molecule has 0 aliphatic heterocycles. The van der Waals surface area contributed by atoms with Crippen molar-refractivity contribution in [1.82, 2.24) is 24.7 Å². The number of hydrogen-bond acceptors (Lipinski definition) is 8. The highest BCUT2D eigenvalue weighted by molar-refractivity contribution is 9.10. The number of halogens is 1. The van der Waals surface area contributed by atoms with Crippen molar-refractivity contribution < 1.29 is 30.2 Å². The average Bonchev–Trinajstić information content (AvgIpc) is 2.80. The quantitative estimate of drug-likeness (QED) is 0.386. The van der Waals surface area contributed by atoms with Crippen LogP contribution in [0.5, 0.6) is 11.9 Å². The molecule has 0 aliphatic rings. The molecule has 0 bridgehead atoms. The average molecular weight is 532 g/mol. The summed E-state index contributed by atoms with van der Waals surface area (Å²) in [6.07, 6.45) is -4.02. The van der Waals surface area contributed by atoms with Gasteiger partial charge in [-0.2, -0.15) is 13.1 Å². The second-order valence-electron chi connectivity index (χ2n) is 5.83. The van der Waals surface area contributed by atoms with Crippen molar-refractivity contribution in [3.8, 4) is 23.0 Å². The van der Waals surface area contributed by atoms with Crippen LogP contribution in [0.4, 0.5) is 5.82 Å². The Bertz CT molecular complexity index is 1520. The molecule has 2 heterocycles. The molecule has 0 atom stereocenters. The number of anilines is 1. The maximum absolute atomic E-state index is 12.8. The van der Waals surface area contributed by atoms with E-state index in [0.29, 0.717) is 4.47 Å².